The van der Waals surface area contributed by atoms with Gasteiger partial charge in [0.25, 0.3) is 11.1 Å². The van der Waals surface area contributed by atoms with Crippen molar-refractivity contribution in [2.45, 2.75) is 83.0 Å². The predicted molar refractivity (Wildman–Crippen MR) is 253 cm³/mol. The molecule has 8 rings (SSSR count). The van der Waals surface area contributed by atoms with E-state index in [2.05, 4.69) is 25.3 Å². The van der Waals surface area contributed by atoms with Gasteiger partial charge in [-0.2, -0.15) is 4.98 Å². The minimum atomic E-state index is -4.10. The molecule has 370 valence electrons. The van der Waals surface area contributed by atoms with Gasteiger partial charge in [0.15, 0.2) is 11.2 Å². The Balaban J connectivity index is 1.08. The van der Waals surface area contributed by atoms with Gasteiger partial charge in [0, 0.05) is 44.1 Å². The second-order valence-corrected chi connectivity index (χ2v) is 19.3. The molecule has 1 amide bonds. The number of anilines is 1. The van der Waals surface area contributed by atoms with Crippen LogP contribution in [0.3, 0.4) is 0 Å². The number of aromatic amines is 2. The van der Waals surface area contributed by atoms with Crippen LogP contribution in [0.2, 0.25) is 0 Å². The summed E-state index contributed by atoms with van der Waals surface area (Å²) in [6, 6.07) is 24.5. The van der Waals surface area contributed by atoms with E-state index in [0.717, 1.165) is 16.7 Å². The SMILES string of the molecule is COc1ccc(C(OC[C@H]2O[C@@H](n3cc(C)c(=O)[nH]c3=O)C[C@@H]2OP(C)(=O)OC[C@H]2O[C@@H](n3cnc4c(=O)[nH]c(NC(=O)C(C)C)nc43)C[C@@H]2OC(C)=O)(c2ccccc2)c2ccc(OC)cc2)cc1. The zero-order valence-corrected chi connectivity index (χ0v) is 40.4. The fourth-order valence-electron chi connectivity index (χ4n) is 8.51. The van der Waals surface area contributed by atoms with Crippen LogP contribution in [0.25, 0.3) is 11.2 Å². The van der Waals surface area contributed by atoms with Crippen LogP contribution in [0.4, 0.5) is 5.95 Å². The summed E-state index contributed by atoms with van der Waals surface area (Å²) < 4.78 is 66.3. The molecule has 5 heterocycles. The van der Waals surface area contributed by atoms with Gasteiger partial charge < -0.3 is 37.5 Å². The number of carbonyl (C=O) groups is 2. The fourth-order valence-corrected chi connectivity index (χ4v) is 9.71. The molecule has 2 aliphatic heterocycles. The van der Waals surface area contributed by atoms with Crippen molar-refractivity contribution < 1.29 is 51.6 Å². The van der Waals surface area contributed by atoms with E-state index in [1.54, 1.807) is 35.0 Å². The minimum absolute atomic E-state index is 0.0229. The van der Waals surface area contributed by atoms with Crippen LogP contribution in [0.1, 0.15) is 68.3 Å². The summed E-state index contributed by atoms with van der Waals surface area (Å²) in [5.74, 6) is -0.218. The van der Waals surface area contributed by atoms with Crippen molar-refractivity contribution in [3.05, 3.63) is 145 Å². The molecule has 7 atom stereocenters. The van der Waals surface area contributed by atoms with Crippen LogP contribution >= 0.6 is 7.60 Å². The summed E-state index contributed by atoms with van der Waals surface area (Å²) in [5.41, 5.74) is -0.620. The summed E-state index contributed by atoms with van der Waals surface area (Å²) in [6.45, 7) is 6.87. The molecule has 0 aliphatic carbocycles. The first-order chi connectivity index (χ1) is 33.5. The number of hydrogen-bond donors (Lipinski definition) is 3. The van der Waals surface area contributed by atoms with E-state index in [1.807, 2.05) is 78.9 Å². The van der Waals surface area contributed by atoms with Crippen LogP contribution < -0.4 is 31.6 Å². The largest absolute Gasteiger partial charge is 0.497 e. The summed E-state index contributed by atoms with van der Waals surface area (Å²) in [4.78, 5) is 76.9. The normalized spacial score (nSPS) is 21.1. The molecule has 6 aromatic rings. The van der Waals surface area contributed by atoms with Gasteiger partial charge in [-0.05, 0) is 47.9 Å². The third-order valence-electron chi connectivity index (χ3n) is 12.1. The average Bonchev–Trinajstić information content (AvgIpc) is 4.07. The highest BCUT2D eigenvalue weighted by Crippen LogP contribution is 2.50. The Morgan fingerprint density at radius 1 is 0.829 bits per heavy atom. The molecule has 0 saturated carbocycles. The van der Waals surface area contributed by atoms with Crippen LogP contribution in [0.15, 0.2) is 106 Å². The molecular weight excluding hydrogens is 930 g/mol. The smallest absolute Gasteiger partial charge is 0.330 e. The molecule has 3 N–H and O–H groups in total. The number of aryl methyl sites for hydroxylation is 1. The number of esters is 1. The van der Waals surface area contributed by atoms with Crippen LogP contribution in [0.5, 0.6) is 11.5 Å². The number of aromatic nitrogens is 6. The molecule has 2 fully saturated rings. The molecule has 21 nitrogen and oxygen atoms in total. The molecule has 2 aliphatic rings. The van der Waals surface area contributed by atoms with Crippen molar-refractivity contribution in [2.24, 2.45) is 5.92 Å². The van der Waals surface area contributed by atoms with Crippen LogP contribution in [-0.2, 0) is 47.8 Å². The quantitative estimate of drug-likeness (QED) is 0.0559. The summed E-state index contributed by atoms with van der Waals surface area (Å²) in [5, 5.41) is 2.58. The number of hydrogen-bond acceptors (Lipinski definition) is 16. The van der Waals surface area contributed by atoms with Gasteiger partial charge >= 0.3 is 19.3 Å². The van der Waals surface area contributed by atoms with E-state index in [0.29, 0.717) is 11.5 Å². The number of amides is 1. The second kappa shape index (κ2) is 20.7. The maximum atomic E-state index is 14.6. The number of nitrogens with one attached hydrogen (secondary N) is 3. The average molecular weight is 984 g/mol. The van der Waals surface area contributed by atoms with Gasteiger partial charge in [-0.1, -0.05) is 68.4 Å². The summed E-state index contributed by atoms with van der Waals surface area (Å²) in [7, 11) is -0.944. The Hall–Kier alpha value is -6.74. The number of fused-ring (bicyclic) bond motifs is 1. The number of benzene rings is 3. The number of methoxy groups -OCH3 is 2. The van der Waals surface area contributed by atoms with Crippen molar-refractivity contribution in [3.8, 4) is 11.5 Å². The second-order valence-electron chi connectivity index (χ2n) is 17.3. The molecule has 0 bridgehead atoms. The minimum Gasteiger partial charge on any atom is -0.497 e. The number of ether oxygens (including phenoxy) is 6. The highest BCUT2D eigenvalue weighted by Gasteiger charge is 2.46. The standard InChI is InChI=1S/C48H54N7O14P/c1-27(2)43(57)51-46-50-42-41(45(59)52-46)49-26-55(42)40-21-35(66-29(4)56)38(68-40)25-65-70(7,61)69-36-22-39(54-23-28(3)44(58)53-47(54)60)67-37(36)24-64-48(30-11-9-8-10-12-30,31-13-17-33(62-5)18-14-31)32-15-19-34(63-6)20-16-32/h8-20,23,26-27,35-40H,21-22,24-25H2,1-7H3,(H,53,58,60)(H2,50,51,52,57,59)/t35-,36-,37+,38+,39+,40+,70?/m0/s1. The number of carbonyl (C=O) groups excluding carboxylic acids is 2. The highest BCUT2D eigenvalue weighted by atomic mass is 31.2. The first kappa shape index (κ1) is 49.7. The van der Waals surface area contributed by atoms with Gasteiger partial charge in [0.1, 0.15) is 47.9 Å². The molecule has 1 unspecified atom stereocenters. The monoisotopic (exact) mass is 983 g/mol. The van der Waals surface area contributed by atoms with E-state index < -0.39 is 78.8 Å². The highest BCUT2D eigenvalue weighted by molar-refractivity contribution is 7.53. The molecular formula is C48H54N7O14P. The number of nitrogens with zero attached hydrogens (tertiary/aromatic N) is 4. The maximum absolute atomic E-state index is 14.6. The zero-order valence-electron chi connectivity index (χ0n) is 39.5. The first-order valence-electron chi connectivity index (χ1n) is 22.5. The molecule has 3 aromatic carbocycles. The Morgan fingerprint density at radius 3 is 2.01 bits per heavy atom. The van der Waals surface area contributed by atoms with E-state index in [9.17, 15) is 28.5 Å². The van der Waals surface area contributed by atoms with Crippen molar-refractivity contribution in [3.63, 3.8) is 0 Å². The van der Waals surface area contributed by atoms with E-state index >= 15 is 0 Å². The summed E-state index contributed by atoms with van der Waals surface area (Å²) >= 11 is 0. The third kappa shape index (κ3) is 10.5. The Kier molecular flexibility index (Phi) is 14.7. The van der Waals surface area contributed by atoms with E-state index in [4.69, 9.17) is 37.5 Å². The summed E-state index contributed by atoms with van der Waals surface area (Å²) in [6.07, 6.45) is -3.08. The lowest BCUT2D eigenvalue weighted by Crippen LogP contribution is -2.38. The number of rotatable bonds is 18. The van der Waals surface area contributed by atoms with E-state index in [1.165, 1.54) is 35.2 Å². The Bertz CT molecular complexity index is 3020. The molecule has 0 spiro atoms. The lowest BCUT2D eigenvalue weighted by molar-refractivity contribution is -0.150. The molecule has 70 heavy (non-hydrogen) atoms. The van der Waals surface area contributed by atoms with Crippen molar-refractivity contribution in [1.82, 2.24) is 29.1 Å². The zero-order chi connectivity index (χ0) is 49.9. The van der Waals surface area contributed by atoms with E-state index in [-0.39, 0.29) is 54.6 Å². The fraction of sp³-hybridized carbons (Fsp3) is 0.396. The van der Waals surface area contributed by atoms with Gasteiger partial charge in [-0.25, -0.2) is 9.78 Å². The molecule has 2 saturated heterocycles. The Morgan fingerprint density at radius 2 is 1.41 bits per heavy atom. The lowest BCUT2D eigenvalue weighted by Gasteiger charge is -2.37. The molecule has 0 radical (unpaired) electrons. The third-order valence-corrected chi connectivity index (χ3v) is 13.4. The van der Waals surface area contributed by atoms with Crippen LogP contribution in [-0.4, -0.2) is 99.5 Å². The number of imidazole rings is 1. The molecule has 22 heteroatoms. The van der Waals surface area contributed by atoms with Gasteiger partial charge in [-0.3, -0.25) is 48.2 Å². The van der Waals surface area contributed by atoms with Crippen molar-refractivity contribution in [1.29, 1.82) is 0 Å². The topological polar surface area (TPSA) is 256 Å². The molecule has 3 aromatic heterocycles. The first-order valence-corrected chi connectivity index (χ1v) is 24.4. The maximum Gasteiger partial charge on any atom is 0.330 e. The van der Waals surface area contributed by atoms with Crippen molar-refractivity contribution in [2.75, 3.05) is 39.4 Å². The lowest BCUT2D eigenvalue weighted by atomic mass is 9.80. The predicted octanol–water partition coefficient (Wildman–Crippen LogP) is 5.33. The van der Waals surface area contributed by atoms with Crippen LogP contribution in [0, 0.1) is 12.8 Å². The van der Waals surface area contributed by atoms with Gasteiger partial charge in [0.2, 0.25) is 11.9 Å². The van der Waals surface area contributed by atoms with Gasteiger partial charge in [0.05, 0.1) is 39.9 Å². The number of H-pyrrole nitrogens is 2. The van der Waals surface area contributed by atoms with Gasteiger partial charge in [-0.15, -0.1) is 0 Å². The van der Waals surface area contributed by atoms with Crippen molar-refractivity contribution >= 4 is 36.6 Å². The Labute approximate surface area is 400 Å².